The summed E-state index contributed by atoms with van der Waals surface area (Å²) >= 11 is 1.75. The number of rotatable bonds is 9. The number of hydrogen-bond donors (Lipinski definition) is 2. The van der Waals surface area contributed by atoms with Crippen LogP contribution in [0.2, 0.25) is 0 Å². The fourth-order valence-electron chi connectivity index (χ4n) is 2.05. The topological polar surface area (TPSA) is 39.7 Å². The molecule has 0 fully saturated rings. The number of hydrogen-bond acceptors (Lipinski definition) is 3. The van der Waals surface area contributed by atoms with Gasteiger partial charge in [0.15, 0.2) is 5.96 Å². The Morgan fingerprint density at radius 2 is 2.14 bits per heavy atom. The molecule has 1 aromatic heterocycles. The van der Waals surface area contributed by atoms with Crippen molar-refractivity contribution in [3.63, 3.8) is 0 Å². The van der Waals surface area contributed by atoms with E-state index in [4.69, 9.17) is 0 Å². The summed E-state index contributed by atoms with van der Waals surface area (Å²) in [4.78, 5) is 6.64. The van der Waals surface area contributed by atoms with Crippen LogP contribution in [0.4, 0.5) is 0 Å². The largest absolute Gasteiger partial charge is 0.356 e. The first kappa shape index (κ1) is 21.7. The van der Waals surface area contributed by atoms with E-state index in [1.165, 1.54) is 24.9 Å². The first-order valence-corrected chi connectivity index (χ1v) is 8.76. The van der Waals surface area contributed by atoms with Crippen molar-refractivity contribution in [2.75, 3.05) is 40.3 Å². The fraction of sp³-hybridized carbons (Fsp3) is 0.688. The lowest BCUT2D eigenvalue weighted by Crippen LogP contribution is -2.42. The van der Waals surface area contributed by atoms with Crippen molar-refractivity contribution < 1.29 is 0 Å². The number of aliphatic imine (C=N–C) groups is 1. The van der Waals surface area contributed by atoms with E-state index in [9.17, 15) is 0 Å². The van der Waals surface area contributed by atoms with Crippen LogP contribution in [0.1, 0.15) is 38.2 Å². The summed E-state index contributed by atoms with van der Waals surface area (Å²) < 4.78 is 0. The van der Waals surface area contributed by atoms with E-state index in [0.29, 0.717) is 5.92 Å². The molecule has 1 aromatic rings. The molecule has 0 saturated heterocycles. The summed E-state index contributed by atoms with van der Waals surface area (Å²) in [5, 5.41) is 11.1. The molecule has 1 atom stereocenters. The van der Waals surface area contributed by atoms with Crippen LogP contribution in [0.15, 0.2) is 21.8 Å². The molecule has 0 aromatic carbocycles. The molecule has 128 valence electrons. The molecule has 0 radical (unpaired) electrons. The van der Waals surface area contributed by atoms with Gasteiger partial charge in [-0.25, -0.2) is 0 Å². The zero-order valence-corrected chi connectivity index (χ0v) is 17.4. The molecule has 0 aliphatic carbocycles. The van der Waals surface area contributed by atoms with Crippen molar-refractivity contribution in [1.82, 2.24) is 15.5 Å². The Bertz CT molecular complexity index is 395. The average Bonchev–Trinajstić information content (AvgIpc) is 3.02. The van der Waals surface area contributed by atoms with Crippen LogP contribution in [-0.4, -0.2) is 51.1 Å². The maximum Gasteiger partial charge on any atom is 0.191 e. The van der Waals surface area contributed by atoms with Crippen LogP contribution < -0.4 is 10.6 Å². The van der Waals surface area contributed by atoms with Crippen LogP contribution in [0.5, 0.6) is 0 Å². The predicted molar refractivity (Wildman–Crippen MR) is 110 cm³/mol. The minimum absolute atomic E-state index is 0. The highest BCUT2D eigenvalue weighted by Gasteiger charge is 2.07. The second-order valence-corrected chi connectivity index (χ2v) is 6.27. The molecule has 2 N–H and O–H groups in total. The van der Waals surface area contributed by atoms with Crippen molar-refractivity contribution in [1.29, 1.82) is 0 Å². The third kappa shape index (κ3) is 8.95. The van der Waals surface area contributed by atoms with E-state index in [0.717, 1.165) is 25.6 Å². The summed E-state index contributed by atoms with van der Waals surface area (Å²) in [7, 11) is 4.00. The fourth-order valence-corrected chi connectivity index (χ4v) is 2.83. The second kappa shape index (κ2) is 13.1. The van der Waals surface area contributed by atoms with Gasteiger partial charge in [-0.2, -0.15) is 11.3 Å². The molecular weight excluding hydrogens is 407 g/mol. The van der Waals surface area contributed by atoms with Gasteiger partial charge in [-0.15, -0.1) is 24.0 Å². The standard InChI is InChI=1S/C16H30N4S.HI/c1-5-6-9-20(4)10-8-18-16(17-3)19-12-14(2)15-7-11-21-13-15;/h7,11,13-14H,5-6,8-10,12H2,1-4H3,(H2,17,18,19);1H. The zero-order valence-electron chi connectivity index (χ0n) is 14.3. The van der Waals surface area contributed by atoms with Gasteiger partial charge in [-0.1, -0.05) is 20.3 Å². The van der Waals surface area contributed by atoms with E-state index in [-0.39, 0.29) is 24.0 Å². The van der Waals surface area contributed by atoms with Gasteiger partial charge in [-0.3, -0.25) is 4.99 Å². The maximum atomic E-state index is 4.28. The summed E-state index contributed by atoms with van der Waals surface area (Å²) in [6.07, 6.45) is 2.52. The molecule has 0 spiro atoms. The van der Waals surface area contributed by atoms with Gasteiger partial charge in [0.25, 0.3) is 0 Å². The Kier molecular flexibility index (Phi) is 12.9. The molecule has 0 bridgehead atoms. The minimum atomic E-state index is 0. The Labute approximate surface area is 156 Å². The van der Waals surface area contributed by atoms with Gasteiger partial charge in [0, 0.05) is 26.7 Å². The van der Waals surface area contributed by atoms with Gasteiger partial charge in [0.1, 0.15) is 0 Å². The molecule has 0 saturated carbocycles. The van der Waals surface area contributed by atoms with Crippen molar-refractivity contribution in [3.8, 4) is 0 Å². The quantitative estimate of drug-likeness (QED) is 0.353. The number of likely N-dealkylation sites (N-methyl/N-ethyl adjacent to an activating group) is 1. The van der Waals surface area contributed by atoms with Gasteiger partial charge < -0.3 is 15.5 Å². The molecule has 4 nitrogen and oxygen atoms in total. The number of nitrogens with one attached hydrogen (secondary N) is 2. The van der Waals surface area contributed by atoms with Gasteiger partial charge in [-0.05, 0) is 48.3 Å². The van der Waals surface area contributed by atoms with Crippen LogP contribution in [-0.2, 0) is 0 Å². The molecule has 1 unspecified atom stereocenters. The van der Waals surface area contributed by atoms with Crippen LogP contribution in [0.25, 0.3) is 0 Å². The normalized spacial score (nSPS) is 12.9. The van der Waals surface area contributed by atoms with E-state index in [2.05, 4.69) is 58.2 Å². The first-order chi connectivity index (χ1) is 10.2. The summed E-state index contributed by atoms with van der Waals surface area (Å²) in [5.74, 6) is 1.39. The predicted octanol–water partition coefficient (Wildman–Crippen LogP) is 3.37. The Balaban J connectivity index is 0.00000441. The van der Waals surface area contributed by atoms with Crippen LogP contribution in [0.3, 0.4) is 0 Å². The van der Waals surface area contributed by atoms with Gasteiger partial charge in [0.05, 0.1) is 0 Å². The Morgan fingerprint density at radius 1 is 1.36 bits per heavy atom. The Morgan fingerprint density at radius 3 is 2.73 bits per heavy atom. The third-order valence-electron chi connectivity index (χ3n) is 3.59. The zero-order chi connectivity index (χ0) is 15.5. The maximum absolute atomic E-state index is 4.28. The average molecular weight is 438 g/mol. The molecule has 0 aliphatic heterocycles. The van der Waals surface area contributed by atoms with Crippen molar-refractivity contribution >= 4 is 41.3 Å². The van der Waals surface area contributed by atoms with Crippen LogP contribution in [0, 0.1) is 0 Å². The smallest absolute Gasteiger partial charge is 0.191 e. The van der Waals surface area contributed by atoms with Crippen molar-refractivity contribution in [2.24, 2.45) is 4.99 Å². The van der Waals surface area contributed by atoms with Gasteiger partial charge in [0.2, 0.25) is 0 Å². The molecule has 0 amide bonds. The van der Waals surface area contributed by atoms with E-state index in [1.807, 2.05) is 7.05 Å². The second-order valence-electron chi connectivity index (χ2n) is 5.49. The lowest BCUT2D eigenvalue weighted by molar-refractivity contribution is 0.332. The molecular formula is C16H31IN4S. The number of unbranched alkanes of at least 4 members (excludes halogenated alkanes) is 1. The van der Waals surface area contributed by atoms with E-state index >= 15 is 0 Å². The van der Waals surface area contributed by atoms with E-state index < -0.39 is 0 Å². The summed E-state index contributed by atoms with van der Waals surface area (Å²) in [5.41, 5.74) is 1.39. The monoisotopic (exact) mass is 438 g/mol. The summed E-state index contributed by atoms with van der Waals surface area (Å²) in [6.45, 7) is 8.50. The lowest BCUT2D eigenvalue weighted by Gasteiger charge is -2.19. The highest BCUT2D eigenvalue weighted by atomic mass is 127. The lowest BCUT2D eigenvalue weighted by atomic mass is 10.1. The highest BCUT2D eigenvalue weighted by molar-refractivity contribution is 14.0. The molecule has 1 rings (SSSR count). The number of thiophene rings is 1. The molecule has 22 heavy (non-hydrogen) atoms. The van der Waals surface area contributed by atoms with Crippen molar-refractivity contribution in [2.45, 2.75) is 32.6 Å². The first-order valence-electron chi connectivity index (χ1n) is 7.82. The summed E-state index contributed by atoms with van der Waals surface area (Å²) in [6, 6.07) is 2.19. The third-order valence-corrected chi connectivity index (χ3v) is 4.29. The molecule has 1 heterocycles. The molecule has 6 heteroatoms. The number of guanidine groups is 1. The van der Waals surface area contributed by atoms with Crippen LogP contribution >= 0.6 is 35.3 Å². The number of halogens is 1. The highest BCUT2D eigenvalue weighted by Crippen LogP contribution is 2.16. The van der Waals surface area contributed by atoms with E-state index in [1.54, 1.807) is 11.3 Å². The minimum Gasteiger partial charge on any atom is -0.356 e. The number of nitrogens with zero attached hydrogens (tertiary/aromatic N) is 2. The van der Waals surface area contributed by atoms with Crippen molar-refractivity contribution in [3.05, 3.63) is 22.4 Å². The SMILES string of the molecule is CCCCN(C)CCNC(=NC)NCC(C)c1ccsc1.I. The molecule has 0 aliphatic rings. The Hall–Kier alpha value is -0.340. The van der Waals surface area contributed by atoms with Gasteiger partial charge >= 0.3 is 0 Å².